The number of hydrogen-bond donors (Lipinski definition) is 3. The van der Waals surface area contributed by atoms with Crippen molar-refractivity contribution in [1.82, 2.24) is 29.7 Å². The minimum Gasteiger partial charge on any atom is -0.460 e. The number of imidazole rings is 1. The van der Waals surface area contributed by atoms with E-state index in [1.807, 2.05) is 100.0 Å². The number of rotatable bonds is 10. The number of ether oxygens (including phenoxy) is 1. The van der Waals surface area contributed by atoms with Gasteiger partial charge >= 0.3 is 5.97 Å². The quantitative estimate of drug-likeness (QED) is 0.116. The summed E-state index contributed by atoms with van der Waals surface area (Å²) in [5.74, 6) is 2.30. The Bertz CT molecular complexity index is 2680. The monoisotopic (exact) mass is 830 g/mol. The molecule has 3 atom stereocenters. The first kappa shape index (κ1) is 41.7. The average molecular weight is 831 g/mol. The molecule has 7 aromatic rings. The molecule has 13 heteroatoms. The molecule has 1 aliphatic heterocycles. The summed E-state index contributed by atoms with van der Waals surface area (Å²) in [6.45, 7) is 15.8. The predicted octanol–water partition coefficient (Wildman–Crippen LogP) is 9.65. The molecule has 4 aromatic heterocycles. The zero-order chi connectivity index (χ0) is 42.2. The zero-order valence-electron chi connectivity index (χ0n) is 34.8. The first-order chi connectivity index (χ1) is 28.1. The van der Waals surface area contributed by atoms with Crippen LogP contribution in [0.25, 0.3) is 26.9 Å². The van der Waals surface area contributed by atoms with Crippen LogP contribution in [-0.2, 0) is 27.2 Å². The number of esters is 1. The zero-order valence-corrected chi connectivity index (χ0v) is 36.4. The number of aryl methyl sites for hydroxylation is 2. The number of fused-ring (bicyclic) bond motifs is 5. The summed E-state index contributed by atoms with van der Waals surface area (Å²) in [6.07, 6.45) is 4.12. The summed E-state index contributed by atoms with van der Waals surface area (Å²) >= 11 is 7.82. The van der Waals surface area contributed by atoms with Crippen molar-refractivity contribution in [3.8, 4) is 5.00 Å². The number of Topliss-reactive ketones (excluding diaryl/α,β-unsaturated/α-hetero) is 1. The van der Waals surface area contributed by atoms with Crippen LogP contribution in [0.15, 0.2) is 77.9 Å². The molecule has 0 aliphatic carbocycles. The van der Waals surface area contributed by atoms with Gasteiger partial charge in [-0.3, -0.25) is 19.1 Å². The van der Waals surface area contributed by atoms with Crippen molar-refractivity contribution in [1.29, 1.82) is 0 Å². The number of H-pyrrole nitrogens is 2. The Balaban J connectivity index is 0.000000180. The SMILES string of the molecule is CC[C@H](C)[C@H](N)C(=O)Cc1ccc2nc(Cc3c[nH]c4ccccc34)[nH]c2c1.Cc1sc2c(c1C)C(c1ccc(Cl)cc1)=N[C@@H](CC(=O)OC(C)(C)C)c1nnc(C)n1-2. The van der Waals surface area contributed by atoms with Gasteiger partial charge in [0, 0.05) is 51.0 Å². The molecule has 0 saturated carbocycles. The van der Waals surface area contributed by atoms with E-state index in [1.165, 1.54) is 15.8 Å². The number of aliphatic imine (C=N–C) groups is 1. The molecule has 4 N–H and O–H groups in total. The highest BCUT2D eigenvalue weighted by atomic mass is 35.5. The summed E-state index contributed by atoms with van der Waals surface area (Å²) in [7, 11) is 0. The first-order valence-electron chi connectivity index (χ1n) is 20.0. The lowest BCUT2D eigenvalue weighted by molar-refractivity contribution is -0.155. The van der Waals surface area contributed by atoms with Gasteiger partial charge in [-0.15, -0.1) is 21.5 Å². The van der Waals surface area contributed by atoms with Crippen molar-refractivity contribution in [2.45, 2.75) is 98.8 Å². The van der Waals surface area contributed by atoms with Crippen molar-refractivity contribution in [3.63, 3.8) is 0 Å². The molecule has 0 radical (unpaired) electrons. The van der Waals surface area contributed by atoms with Crippen LogP contribution in [0.1, 0.15) is 104 Å². The molecule has 1 aliphatic rings. The second kappa shape index (κ2) is 17.0. The largest absolute Gasteiger partial charge is 0.460 e. The van der Waals surface area contributed by atoms with Crippen LogP contribution in [0.5, 0.6) is 0 Å². The molecule has 59 heavy (non-hydrogen) atoms. The van der Waals surface area contributed by atoms with Crippen molar-refractivity contribution in [2.24, 2.45) is 16.6 Å². The van der Waals surface area contributed by atoms with Crippen molar-refractivity contribution < 1.29 is 14.3 Å². The van der Waals surface area contributed by atoms with Gasteiger partial charge in [-0.25, -0.2) is 4.98 Å². The molecule has 0 bridgehead atoms. The number of benzene rings is 3. The minimum atomic E-state index is -0.569. The second-order valence-electron chi connectivity index (χ2n) is 16.3. The molecular formula is C46H51ClN8O3S. The molecule has 0 unspecified atom stereocenters. The summed E-state index contributed by atoms with van der Waals surface area (Å²) in [4.78, 5) is 42.9. The number of aromatic nitrogens is 6. The number of carbonyl (C=O) groups is 2. The summed E-state index contributed by atoms with van der Waals surface area (Å²) in [5, 5.41) is 11.6. The maximum atomic E-state index is 12.7. The van der Waals surface area contributed by atoms with Crippen LogP contribution in [0.3, 0.4) is 0 Å². The van der Waals surface area contributed by atoms with Gasteiger partial charge in [0.2, 0.25) is 0 Å². The second-order valence-corrected chi connectivity index (χ2v) is 18.0. The van der Waals surface area contributed by atoms with E-state index in [-0.39, 0.29) is 24.1 Å². The number of nitrogens with zero attached hydrogens (tertiary/aromatic N) is 5. The molecule has 5 heterocycles. The molecule has 11 nitrogen and oxygen atoms in total. The Morgan fingerprint density at radius 1 is 1.02 bits per heavy atom. The van der Waals surface area contributed by atoms with E-state index in [4.69, 9.17) is 32.0 Å². The minimum absolute atomic E-state index is 0.0828. The smallest absolute Gasteiger partial charge is 0.308 e. The van der Waals surface area contributed by atoms with Crippen LogP contribution < -0.4 is 5.73 Å². The van der Waals surface area contributed by atoms with Gasteiger partial charge in [-0.1, -0.05) is 68.3 Å². The van der Waals surface area contributed by atoms with Crippen molar-refractivity contribution in [2.75, 3.05) is 0 Å². The highest BCUT2D eigenvalue weighted by molar-refractivity contribution is 7.15. The van der Waals surface area contributed by atoms with Gasteiger partial charge in [0.1, 0.15) is 28.3 Å². The van der Waals surface area contributed by atoms with Crippen molar-refractivity contribution in [3.05, 3.63) is 128 Å². The number of halogens is 1. The fourth-order valence-electron chi connectivity index (χ4n) is 7.33. The number of thiophene rings is 1. The molecule has 0 saturated heterocycles. The molecule has 306 valence electrons. The fraction of sp³-hybridized carbons (Fsp3) is 0.348. The van der Waals surface area contributed by atoms with E-state index < -0.39 is 17.7 Å². The van der Waals surface area contributed by atoms with E-state index in [0.29, 0.717) is 17.3 Å². The third-order valence-electron chi connectivity index (χ3n) is 10.8. The average Bonchev–Trinajstić information content (AvgIpc) is 3.95. The predicted molar refractivity (Wildman–Crippen MR) is 237 cm³/mol. The van der Waals surface area contributed by atoms with Gasteiger partial charge in [-0.2, -0.15) is 0 Å². The Labute approximate surface area is 353 Å². The lowest BCUT2D eigenvalue weighted by Crippen LogP contribution is -2.37. The van der Waals surface area contributed by atoms with Crippen LogP contribution in [0.2, 0.25) is 5.02 Å². The standard InChI is InChI=1S/C23H25ClN4O2S.C23H26N4O/c1-12-13(2)31-22-19(12)20(15-7-9-16(24)10-8-15)25-17(11-18(29)30-23(4,5)6)21-27-26-14(3)28(21)22;1-3-14(2)23(24)21(28)11-15-8-9-19-20(10-15)27-22(26-19)12-16-13-25-18-7-5-4-6-17(16)18/h7-10,17H,11H2,1-6H3;4-10,13-14,23,25H,3,11-12,24H2,1-2H3,(H,26,27)/t17-;14-,23-/m00/s1. The number of aromatic amines is 2. The van der Waals surface area contributed by atoms with E-state index in [0.717, 1.165) is 74.0 Å². The Morgan fingerprint density at radius 2 is 1.76 bits per heavy atom. The molecule has 0 amide bonds. The normalized spacial score (nSPS) is 14.8. The Kier molecular flexibility index (Phi) is 12.1. The maximum Gasteiger partial charge on any atom is 0.308 e. The van der Waals surface area contributed by atoms with Crippen LogP contribution in [0.4, 0.5) is 0 Å². The molecule has 8 rings (SSSR count). The number of ketones is 1. The number of carbonyl (C=O) groups excluding carboxylic acids is 2. The van der Waals surface area contributed by atoms with Gasteiger partial charge < -0.3 is 20.4 Å². The molecule has 3 aromatic carbocycles. The number of hydrogen-bond acceptors (Lipinski definition) is 9. The first-order valence-corrected chi connectivity index (χ1v) is 21.2. The van der Waals surface area contributed by atoms with Gasteiger partial charge in [0.15, 0.2) is 11.6 Å². The van der Waals surface area contributed by atoms with E-state index in [9.17, 15) is 9.59 Å². The van der Waals surface area contributed by atoms with Gasteiger partial charge in [0.05, 0.1) is 29.2 Å². The number of nitrogens with two attached hydrogens (primary N) is 1. The Hall–Kier alpha value is -5.43. The lowest BCUT2D eigenvalue weighted by Gasteiger charge is -2.21. The topological polar surface area (TPSA) is 157 Å². The highest BCUT2D eigenvalue weighted by Gasteiger charge is 2.33. The summed E-state index contributed by atoms with van der Waals surface area (Å²) < 4.78 is 7.61. The van der Waals surface area contributed by atoms with Gasteiger partial charge in [-0.05, 0) is 94.5 Å². The molecule has 0 fully saturated rings. The van der Waals surface area contributed by atoms with E-state index in [2.05, 4.69) is 53.1 Å². The van der Waals surface area contributed by atoms with Crippen molar-refractivity contribution >= 4 is 62.3 Å². The van der Waals surface area contributed by atoms with Gasteiger partial charge in [0.25, 0.3) is 0 Å². The van der Waals surface area contributed by atoms with Crippen LogP contribution in [0, 0.1) is 26.7 Å². The summed E-state index contributed by atoms with van der Waals surface area (Å²) in [5.41, 5.74) is 14.7. The Morgan fingerprint density at radius 3 is 2.49 bits per heavy atom. The fourth-order valence-corrected chi connectivity index (χ4v) is 8.67. The van der Waals surface area contributed by atoms with Crippen LogP contribution in [-0.4, -0.2) is 58.8 Å². The lowest BCUT2D eigenvalue weighted by atomic mass is 9.93. The molecule has 0 spiro atoms. The number of para-hydroxylation sites is 1. The highest BCUT2D eigenvalue weighted by Crippen LogP contribution is 2.40. The van der Waals surface area contributed by atoms with E-state index in [1.54, 1.807) is 11.3 Å². The van der Waals surface area contributed by atoms with Crippen LogP contribution >= 0.6 is 22.9 Å². The maximum absolute atomic E-state index is 12.7. The third kappa shape index (κ3) is 9.10. The third-order valence-corrected chi connectivity index (χ3v) is 12.2. The number of nitrogens with one attached hydrogen (secondary N) is 2. The molecular weight excluding hydrogens is 780 g/mol. The van der Waals surface area contributed by atoms with E-state index >= 15 is 0 Å². The summed E-state index contributed by atoms with van der Waals surface area (Å²) in [6, 6.07) is 20.9.